The highest BCUT2D eigenvalue weighted by Gasteiger charge is 2.31. The van der Waals surface area contributed by atoms with Crippen LogP contribution in [0.25, 0.3) is 0 Å². The second-order valence-electron chi connectivity index (χ2n) is 4.73. The Kier molecular flexibility index (Phi) is 5.05. The molecule has 1 aliphatic carbocycles. The van der Waals surface area contributed by atoms with Gasteiger partial charge in [0.25, 0.3) is 0 Å². The molecule has 1 aliphatic rings. The van der Waals surface area contributed by atoms with E-state index in [2.05, 4.69) is 0 Å². The summed E-state index contributed by atoms with van der Waals surface area (Å²) in [5, 5.41) is 0. The van der Waals surface area contributed by atoms with Gasteiger partial charge in [-0.05, 0) is 43.2 Å². The predicted molar refractivity (Wildman–Crippen MR) is 67.9 cm³/mol. The van der Waals surface area contributed by atoms with Crippen LogP contribution in [0.1, 0.15) is 42.7 Å². The molecule has 1 saturated carbocycles. The molecule has 1 aromatic carbocycles. The van der Waals surface area contributed by atoms with Gasteiger partial charge in [0.05, 0.1) is 5.56 Å². The Morgan fingerprint density at radius 3 is 2.22 bits per heavy atom. The first-order valence-electron chi connectivity index (χ1n) is 5.89. The van der Waals surface area contributed by atoms with Crippen LogP contribution in [0.4, 0.5) is 13.2 Å². The lowest BCUT2D eigenvalue weighted by molar-refractivity contribution is -0.137. The second kappa shape index (κ2) is 5.93. The molecule has 18 heavy (non-hydrogen) atoms. The standard InChI is InChI=1S/C13H16F3N.ClH/c14-13(15,16)11-3-1-2-10(8-11)9-4-6-12(17)7-5-9;/h1-3,8-9,12H,4-7,17H2;1H. The van der Waals surface area contributed by atoms with E-state index < -0.39 is 11.7 Å². The summed E-state index contributed by atoms with van der Waals surface area (Å²) in [6.07, 6.45) is -0.659. The summed E-state index contributed by atoms with van der Waals surface area (Å²) in [4.78, 5) is 0. The monoisotopic (exact) mass is 279 g/mol. The predicted octanol–water partition coefficient (Wildman–Crippen LogP) is 4.11. The molecule has 0 saturated heterocycles. The lowest BCUT2D eigenvalue weighted by Gasteiger charge is -2.26. The molecule has 0 aromatic heterocycles. The minimum atomic E-state index is -4.25. The first-order chi connectivity index (χ1) is 7.97. The van der Waals surface area contributed by atoms with E-state index in [4.69, 9.17) is 5.73 Å². The van der Waals surface area contributed by atoms with Crippen LogP contribution in [-0.2, 0) is 6.18 Å². The first kappa shape index (κ1) is 15.3. The van der Waals surface area contributed by atoms with Gasteiger partial charge < -0.3 is 5.73 Å². The fourth-order valence-electron chi connectivity index (χ4n) is 2.42. The van der Waals surface area contributed by atoms with Crippen LogP contribution in [0.3, 0.4) is 0 Å². The van der Waals surface area contributed by atoms with Gasteiger partial charge in [-0.1, -0.05) is 18.2 Å². The molecule has 0 amide bonds. The van der Waals surface area contributed by atoms with Crippen LogP contribution in [0.5, 0.6) is 0 Å². The Hall–Kier alpha value is -0.740. The molecule has 0 spiro atoms. The SMILES string of the molecule is Cl.NC1CCC(c2cccc(C(F)(F)F)c2)CC1. The molecule has 5 heteroatoms. The molecular formula is C13H17ClF3N. The molecule has 2 N–H and O–H groups in total. The highest BCUT2D eigenvalue weighted by molar-refractivity contribution is 5.85. The van der Waals surface area contributed by atoms with E-state index in [1.54, 1.807) is 6.07 Å². The molecule has 0 unspecified atom stereocenters. The van der Waals surface area contributed by atoms with E-state index >= 15 is 0 Å². The average Bonchev–Trinajstić information content (AvgIpc) is 2.29. The van der Waals surface area contributed by atoms with Gasteiger partial charge in [-0.3, -0.25) is 0 Å². The number of hydrogen-bond donors (Lipinski definition) is 1. The molecule has 1 aromatic rings. The zero-order valence-corrected chi connectivity index (χ0v) is 10.7. The minimum Gasteiger partial charge on any atom is -0.328 e. The Morgan fingerprint density at radius 2 is 1.67 bits per heavy atom. The highest BCUT2D eigenvalue weighted by atomic mass is 35.5. The molecule has 1 fully saturated rings. The van der Waals surface area contributed by atoms with Crippen molar-refractivity contribution in [2.45, 2.75) is 43.8 Å². The summed E-state index contributed by atoms with van der Waals surface area (Å²) in [7, 11) is 0. The van der Waals surface area contributed by atoms with Gasteiger partial charge in [0.15, 0.2) is 0 Å². The third kappa shape index (κ3) is 3.62. The van der Waals surface area contributed by atoms with Crippen LogP contribution in [0, 0.1) is 0 Å². The van der Waals surface area contributed by atoms with Crippen LogP contribution in [0.2, 0.25) is 0 Å². The van der Waals surface area contributed by atoms with Gasteiger partial charge in [0.1, 0.15) is 0 Å². The van der Waals surface area contributed by atoms with Crippen LogP contribution in [0.15, 0.2) is 24.3 Å². The Morgan fingerprint density at radius 1 is 1.06 bits per heavy atom. The van der Waals surface area contributed by atoms with Gasteiger partial charge in [-0.15, -0.1) is 12.4 Å². The van der Waals surface area contributed by atoms with Crippen molar-refractivity contribution in [3.8, 4) is 0 Å². The molecule has 102 valence electrons. The molecule has 2 rings (SSSR count). The van der Waals surface area contributed by atoms with Gasteiger partial charge in [-0.25, -0.2) is 0 Å². The van der Waals surface area contributed by atoms with Gasteiger partial charge in [0, 0.05) is 6.04 Å². The minimum absolute atomic E-state index is 0. The summed E-state index contributed by atoms with van der Waals surface area (Å²) in [5.41, 5.74) is 6.04. The van der Waals surface area contributed by atoms with Gasteiger partial charge in [0.2, 0.25) is 0 Å². The molecule has 0 radical (unpaired) electrons. The lowest BCUT2D eigenvalue weighted by atomic mass is 9.81. The maximum absolute atomic E-state index is 12.6. The summed E-state index contributed by atoms with van der Waals surface area (Å²) >= 11 is 0. The van der Waals surface area contributed by atoms with Crippen LogP contribution < -0.4 is 5.73 Å². The molecule has 0 heterocycles. The van der Waals surface area contributed by atoms with Crippen molar-refractivity contribution in [1.29, 1.82) is 0 Å². The molecule has 0 bridgehead atoms. The summed E-state index contributed by atoms with van der Waals surface area (Å²) in [6, 6.07) is 5.90. The van der Waals surface area contributed by atoms with Crippen molar-refractivity contribution >= 4 is 12.4 Å². The van der Waals surface area contributed by atoms with Crippen molar-refractivity contribution < 1.29 is 13.2 Å². The topological polar surface area (TPSA) is 26.0 Å². The number of rotatable bonds is 1. The van der Waals surface area contributed by atoms with Crippen molar-refractivity contribution in [1.82, 2.24) is 0 Å². The zero-order chi connectivity index (χ0) is 12.5. The Bertz CT molecular complexity index is 384. The van der Waals surface area contributed by atoms with E-state index in [1.165, 1.54) is 12.1 Å². The van der Waals surface area contributed by atoms with Crippen molar-refractivity contribution in [3.05, 3.63) is 35.4 Å². The van der Waals surface area contributed by atoms with E-state index in [-0.39, 0.29) is 24.4 Å². The van der Waals surface area contributed by atoms with Gasteiger partial charge in [-0.2, -0.15) is 13.2 Å². The molecule has 0 atom stereocenters. The van der Waals surface area contributed by atoms with E-state index in [9.17, 15) is 13.2 Å². The largest absolute Gasteiger partial charge is 0.416 e. The quantitative estimate of drug-likeness (QED) is 0.822. The third-order valence-electron chi connectivity index (χ3n) is 3.46. The molecule has 0 aliphatic heterocycles. The molecule has 1 nitrogen and oxygen atoms in total. The maximum atomic E-state index is 12.6. The fraction of sp³-hybridized carbons (Fsp3) is 0.538. The smallest absolute Gasteiger partial charge is 0.328 e. The summed E-state index contributed by atoms with van der Waals surface area (Å²) < 4.78 is 37.7. The van der Waals surface area contributed by atoms with Crippen LogP contribution in [-0.4, -0.2) is 6.04 Å². The first-order valence-corrected chi connectivity index (χ1v) is 5.89. The summed E-state index contributed by atoms with van der Waals surface area (Å²) in [5.74, 6) is 0.233. The summed E-state index contributed by atoms with van der Waals surface area (Å²) in [6.45, 7) is 0. The number of benzene rings is 1. The van der Waals surface area contributed by atoms with Crippen LogP contribution >= 0.6 is 12.4 Å². The average molecular weight is 280 g/mol. The van der Waals surface area contributed by atoms with Crippen molar-refractivity contribution in [2.24, 2.45) is 5.73 Å². The normalized spacial score (nSPS) is 24.4. The number of alkyl halides is 3. The number of halogens is 4. The van der Waals surface area contributed by atoms with E-state index in [0.29, 0.717) is 0 Å². The lowest BCUT2D eigenvalue weighted by Crippen LogP contribution is -2.25. The second-order valence-corrected chi connectivity index (χ2v) is 4.73. The third-order valence-corrected chi connectivity index (χ3v) is 3.46. The number of nitrogens with two attached hydrogens (primary N) is 1. The highest BCUT2D eigenvalue weighted by Crippen LogP contribution is 2.35. The van der Waals surface area contributed by atoms with Gasteiger partial charge >= 0.3 is 6.18 Å². The molecular weight excluding hydrogens is 263 g/mol. The van der Waals surface area contributed by atoms with E-state index in [0.717, 1.165) is 37.3 Å². The number of hydrogen-bond acceptors (Lipinski definition) is 1. The Labute approximate surface area is 111 Å². The van der Waals surface area contributed by atoms with Crippen molar-refractivity contribution in [2.75, 3.05) is 0 Å². The van der Waals surface area contributed by atoms with E-state index in [1.807, 2.05) is 0 Å². The maximum Gasteiger partial charge on any atom is 0.416 e. The Balaban J connectivity index is 0.00000162. The fourth-order valence-corrected chi connectivity index (χ4v) is 2.42. The zero-order valence-electron chi connectivity index (χ0n) is 9.91. The van der Waals surface area contributed by atoms with Crippen molar-refractivity contribution in [3.63, 3.8) is 0 Å².